The lowest BCUT2D eigenvalue weighted by molar-refractivity contribution is 0.0785. The van der Waals surface area contributed by atoms with Crippen LogP contribution in [0.4, 0.5) is 0 Å². The summed E-state index contributed by atoms with van der Waals surface area (Å²) < 4.78 is 22.9. The fourth-order valence-electron chi connectivity index (χ4n) is 2.62. The summed E-state index contributed by atoms with van der Waals surface area (Å²) in [4.78, 5) is 14.1. The number of rotatable bonds is 4. The van der Waals surface area contributed by atoms with Gasteiger partial charge < -0.3 is 4.90 Å². The van der Waals surface area contributed by atoms with Crippen molar-refractivity contribution in [2.24, 2.45) is 11.8 Å². The largest absolute Gasteiger partial charge is 0.338 e. The number of benzene rings is 1. The van der Waals surface area contributed by atoms with Crippen LogP contribution in [0.3, 0.4) is 0 Å². The third-order valence-electron chi connectivity index (χ3n) is 3.60. The van der Waals surface area contributed by atoms with Gasteiger partial charge in [-0.25, -0.2) is 8.42 Å². The summed E-state index contributed by atoms with van der Waals surface area (Å²) in [6, 6.07) is 9.02. The molecule has 2 atom stereocenters. The van der Waals surface area contributed by atoms with Gasteiger partial charge in [0, 0.05) is 30.8 Å². The van der Waals surface area contributed by atoms with Gasteiger partial charge in [0.15, 0.2) is 0 Å². The zero-order valence-electron chi connectivity index (χ0n) is 11.3. The average molecular weight is 316 g/mol. The standard InChI is InChI=1S/C14H18ClNO3S/c1-20(18,19)10-13-9-16(8-12(13)7-15)14(17)11-5-3-2-4-6-11/h2-6,12-13H,7-10H2,1H3. The highest BCUT2D eigenvalue weighted by Crippen LogP contribution is 2.27. The third kappa shape index (κ3) is 3.73. The van der Waals surface area contributed by atoms with Crippen molar-refractivity contribution in [1.29, 1.82) is 0 Å². The van der Waals surface area contributed by atoms with Crippen LogP contribution in [0, 0.1) is 11.8 Å². The van der Waals surface area contributed by atoms with Gasteiger partial charge in [-0.2, -0.15) is 0 Å². The molecular weight excluding hydrogens is 298 g/mol. The molecule has 0 N–H and O–H groups in total. The predicted octanol–water partition coefficient (Wildman–Crippen LogP) is 1.66. The lowest BCUT2D eigenvalue weighted by Gasteiger charge is -2.16. The molecule has 1 saturated heterocycles. The number of amides is 1. The van der Waals surface area contributed by atoms with E-state index in [-0.39, 0.29) is 23.5 Å². The van der Waals surface area contributed by atoms with Crippen LogP contribution in [0.25, 0.3) is 0 Å². The Morgan fingerprint density at radius 1 is 1.25 bits per heavy atom. The molecule has 1 aliphatic heterocycles. The lowest BCUT2D eigenvalue weighted by Crippen LogP contribution is -2.29. The summed E-state index contributed by atoms with van der Waals surface area (Å²) in [5.74, 6) is 0.368. The van der Waals surface area contributed by atoms with Gasteiger partial charge in [-0.05, 0) is 24.0 Å². The van der Waals surface area contributed by atoms with Crippen molar-refractivity contribution in [2.75, 3.05) is 31.0 Å². The Bertz CT molecular complexity index is 573. The minimum atomic E-state index is -3.06. The van der Waals surface area contributed by atoms with E-state index in [9.17, 15) is 13.2 Å². The van der Waals surface area contributed by atoms with Crippen LogP contribution in [0.5, 0.6) is 0 Å². The van der Waals surface area contributed by atoms with Crippen molar-refractivity contribution >= 4 is 27.3 Å². The quantitative estimate of drug-likeness (QED) is 0.794. The lowest BCUT2D eigenvalue weighted by atomic mass is 10.0. The van der Waals surface area contributed by atoms with E-state index < -0.39 is 9.84 Å². The molecule has 1 aliphatic rings. The van der Waals surface area contributed by atoms with Crippen molar-refractivity contribution in [3.8, 4) is 0 Å². The number of hydrogen-bond acceptors (Lipinski definition) is 3. The minimum Gasteiger partial charge on any atom is -0.338 e. The fraction of sp³-hybridized carbons (Fsp3) is 0.500. The molecule has 1 fully saturated rings. The molecule has 20 heavy (non-hydrogen) atoms. The van der Waals surface area contributed by atoms with Crippen molar-refractivity contribution in [1.82, 2.24) is 4.90 Å². The third-order valence-corrected chi connectivity index (χ3v) is 5.03. The maximum atomic E-state index is 12.4. The van der Waals surface area contributed by atoms with Gasteiger partial charge in [-0.15, -0.1) is 11.6 Å². The Morgan fingerprint density at radius 3 is 2.40 bits per heavy atom. The number of carbonyl (C=O) groups excluding carboxylic acids is 1. The fourth-order valence-corrected chi connectivity index (χ4v) is 4.13. The highest BCUT2D eigenvalue weighted by molar-refractivity contribution is 7.90. The number of carbonyl (C=O) groups is 1. The van der Waals surface area contributed by atoms with Crippen LogP contribution in [0.1, 0.15) is 10.4 Å². The van der Waals surface area contributed by atoms with Crippen molar-refractivity contribution in [2.45, 2.75) is 0 Å². The van der Waals surface area contributed by atoms with E-state index in [1.165, 1.54) is 6.26 Å². The summed E-state index contributed by atoms with van der Waals surface area (Å²) in [7, 11) is -3.06. The second-order valence-corrected chi connectivity index (χ2v) is 7.84. The Labute approximate surface area is 124 Å². The number of nitrogens with zero attached hydrogens (tertiary/aromatic N) is 1. The van der Waals surface area contributed by atoms with E-state index in [0.717, 1.165) is 0 Å². The van der Waals surface area contributed by atoms with Gasteiger partial charge in [-0.3, -0.25) is 4.79 Å². The predicted molar refractivity (Wildman–Crippen MR) is 79.8 cm³/mol. The monoisotopic (exact) mass is 315 g/mol. The first-order valence-electron chi connectivity index (χ1n) is 6.48. The zero-order valence-corrected chi connectivity index (χ0v) is 12.9. The highest BCUT2D eigenvalue weighted by Gasteiger charge is 2.36. The molecule has 2 unspecified atom stereocenters. The molecule has 110 valence electrons. The minimum absolute atomic E-state index is 0.0408. The average Bonchev–Trinajstić information content (AvgIpc) is 2.79. The van der Waals surface area contributed by atoms with E-state index in [2.05, 4.69) is 0 Å². The molecule has 6 heteroatoms. The SMILES string of the molecule is CS(=O)(=O)CC1CN(C(=O)c2ccccc2)CC1CCl. The molecule has 4 nitrogen and oxygen atoms in total. The van der Waals surface area contributed by atoms with Gasteiger partial charge in [0.05, 0.1) is 5.75 Å². The molecule has 1 aromatic carbocycles. The molecule has 1 heterocycles. The summed E-state index contributed by atoms with van der Waals surface area (Å²) >= 11 is 5.91. The first-order valence-corrected chi connectivity index (χ1v) is 9.08. The number of sulfone groups is 1. The van der Waals surface area contributed by atoms with Gasteiger partial charge in [-0.1, -0.05) is 18.2 Å². The normalized spacial score (nSPS) is 23.0. The van der Waals surface area contributed by atoms with Gasteiger partial charge in [0.25, 0.3) is 5.91 Å². The van der Waals surface area contributed by atoms with Crippen LogP contribution < -0.4 is 0 Å². The van der Waals surface area contributed by atoms with Crippen LogP contribution in [-0.2, 0) is 9.84 Å². The molecule has 1 amide bonds. The van der Waals surface area contributed by atoms with E-state index in [1.54, 1.807) is 17.0 Å². The maximum absolute atomic E-state index is 12.4. The molecular formula is C14H18ClNO3S. The van der Waals surface area contributed by atoms with Crippen molar-refractivity contribution in [3.05, 3.63) is 35.9 Å². The van der Waals surface area contributed by atoms with Gasteiger partial charge >= 0.3 is 0 Å². The first kappa shape index (κ1) is 15.3. The summed E-state index contributed by atoms with van der Waals surface area (Å²) in [5, 5.41) is 0. The molecule has 0 aromatic heterocycles. The summed E-state index contributed by atoms with van der Waals surface area (Å²) in [6.45, 7) is 0.982. The maximum Gasteiger partial charge on any atom is 0.253 e. The Hall–Kier alpha value is -1.07. The number of likely N-dealkylation sites (tertiary alicyclic amines) is 1. The van der Waals surface area contributed by atoms with E-state index in [4.69, 9.17) is 11.6 Å². The van der Waals surface area contributed by atoms with E-state index >= 15 is 0 Å². The second kappa shape index (κ2) is 6.14. The van der Waals surface area contributed by atoms with Crippen LogP contribution in [0.2, 0.25) is 0 Å². The van der Waals surface area contributed by atoms with Crippen LogP contribution in [0.15, 0.2) is 30.3 Å². The Kier molecular flexibility index (Phi) is 4.70. The zero-order chi connectivity index (χ0) is 14.8. The molecule has 0 radical (unpaired) electrons. The molecule has 0 saturated carbocycles. The Balaban J connectivity index is 2.11. The van der Waals surface area contributed by atoms with Crippen LogP contribution in [-0.4, -0.2) is 50.2 Å². The molecule has 1 aromatic rings. The number of alkyl halides is 1. The molecule has 2 rings (SSSR count). The van der Waals surface area contributed by atoms with Gasteiger partial charge in [0.1, 0.15) is 9.84 Å². The van der Waals surface area contributed by atoms with Crippen LogP contribution >= 0.6 is 11.6 Å². The second-order valence-electron chi connectivity index (χ2n) is 5.34. The highest BCUT2D eigenvalue weighted by atomic mass is 35.5. The smallest absolute Gasteiger partial charge is 0.253 e. The van der Waals surface area contributed by atoms with Crippen molar-refractivity contribution < 1.29 is 13.2 Å². The first-order chi connectivity index (χ1) is 9.40. The molecule has 0 aliphatic carbocycles. The topological polar surface area (TPSA) is 54.5 Å². The van der Waals surface area contributed by atoms with Gasteiger partial charge in [0.2, 0.25) is 0 Å². The van der Waals surface area contributed by atoms with E-state index in [1.807, 2.05) is 18.2 Å². The summed E-state index contributed by atoms with van der Waals surface area (Å²) in [5.41, 5.74) is 0.626. The van der Waals surface area contributed by atoms with E-state index in [0.29, 0.717) is 24.5 Å². The molecule has 0 spiro atoms. The number of halogens is 1. The Morgan fingerprint density at radius 2 is 1.85 bits per heavy atom. The van der Waals surface area contributed by atoms with Crippen molar-refractivity contribution in [3.63, 3.8) is 0 Å². The molecule has 0 bridgehead atoms. The summed E-state index contributed by atoms with van der Waals surface area (Å²) in [6.07, 6.45) is 1.22. The number of hydrogen-bond donors (Lipinski definition) is 0.